The zero-order valence-corrected chi connectivity index (χ0v) is 15.7. The van der Waals surface area contributed by atoms with Crippen molar-refractivity contribution in [3.8, 4) is 0 Å². The molecule has 0 radical (unpaired) electrons. The van der Waals surface area contributed by atoms with Crippen LogP contribution in [0.25, 0.3) is 0 Å². The molecule has 0 saturated carbocycles. The lowest BCUT2D eigenvalue weighted by atomic mass is 10.2. The van der Waals surface area contributed by atoms with Gasteiger partial charge in [-0.1, -0.05) is 30.3 Å². The summed E-state index contributed by atoms with van der Waals surface area (Å²) in [7, 11) is 1.73. The summed E-state index contributed by atoms with van der Waals surface area (Å²) in [4.78, 5) is 36.9. The normalized spacial score (nSPS) is 10.1. The fraction of sp³-hybridized carbons (Fsp3) is 0.286. The van der Waals surface area contributed by atoms with E-state index in [2.05, 4.69) is 10.6 Å². The average Bonchev–Trinajstić information content (AvgIpc) is 2.66. The Morgan fingerprint density at radius 2 is 1.74 bits per heavy atom. The first kappa shape index (κ1) is 20.2. The Balaban J connectivity index is 1.74. The van der Waals surface area contributed by atoms with Crippen LogP contribution < -0.4 is 10.6 Å². The number of hydrogen-bond acceptors (Lipinski definition) is 3. The van der Waals surface area contributed by atoms with Gasteiger partial charge in [-0.2, -0.15) is 0 Å². The van der Waals surface area contributed by atoms with Crippen molar-refractivity contribution in [2.24, 2.45) is 0 Å². The van der Waals surface area contributed by atoms with Crippen LogP contribution in [0.15, 0.2) is 54.6 Å². The summed E-state index contributed by atoms with van der Waals surface area (Å²) >= 11 is 0. The fourth-order valence-electron chi connectivity index (χ4n) is 2.50. The maximum absolute atomic E-state index is 12.1. The summed E-state index contributed by atoms with van der Waals surface area (Å²) in [5, 5.41) is 5.65. The molecule has 0 unspecified atom stereocenters. The standard InChI is InChI=1S/C21H25N3O3/c1-16(25)24(2)15-17-8-6-11-19(14-17)23-20(26)12-7-13-22-21(27)18-9-4-3-5-10-18/h3-6,8-11,14H,7,12-13,15H2,1-2H3,(H,22,27)(H,23,26). The average molecular weight is 367 g/mol. The van der Waals surface area contributed by atoms with Crippen LogP contribution in [0.1, 0.15) is 35.7 Å². The van der Waals surface area contributed by atoms with Gasteiger partial charge in [0.1, 0.15) is 0 Å². The summed E-state index contributed by atoms with van der Waals surface area (Å²) in [6, 6.07) is 16.4. The van der Waals surface area contributed by atoms with E-state index >= 15 is 0 Å². The molecule has 3 amide bonds. The molecule has 2 aromatic rings. The van der Waals surface area contributed by atoms with E-state index < -0.39 is 0 Å². The number of rotatable bonds is 8. The first-order valence-corrected chi connectivity index (χ1v) is 8.89. The van der Waals surface area contributed by atoms with Gasteiger partial charge in [-0.15, -0.1) is 0 Å². The van der Waals surface area contributed by atoms with Gasteiger partial charge in [-0.05, 0) is 36.2 Å². The number of nitrogens with one attached hydrogen (secondary N) is 2. The highest BCUT2D eigenvalue weighted by atomic mass is 16.2. The molecule has 0 heterocycles. The van der Waals surface area contributed by atoms with Crippen molar-refractivity contribution >= 4 is 23.4 Å². The van der Waals surface area contributed by atoms with E-state index in [1.165, 1.54) is 6.92 Å². The summed E-state index contributed by atoms with van der Waals surface area (Å²) in [6.45, 7) is 2.44. The highest BCUT2D eigenvalue weighted by Crippen LogP contribution is 2.13. The van der Waals surface area contributed by atoms with Gasteiger partial charge in [0.15, 0.2) is 0 Å². The Morgan fingerprint density at radius 3 is 2.44 bits per heavy atom. The number of anilines is 1. The predicted octanol–water partition coefficient (Wildman–Crippen LogP) is 2.81. The Kier molecular flexibility index (Phi) is 7.55. The monoisotopic (exact) mass is 367 g/mol. The van der Waals surface area contributed by atoms with Crippen LogP contribution in [0.4, 0.5) is 5.69 Å². The lowest BCUT2D eigenvalue weighted by molar-refractivity contribution is -0.128. The molecular formula is C21H25N3O3. The summed E-state index contributed by atoms with van der Waals surface area (Å²) in [5.41, 5.74) is 2.25. The second-order valence-corrected chi connectivity index (χ2v) is 6.35. The second-order valence-electron chi connectivity index (χ2n) is 6.35. The Hall–Kier alpha value is -3.15. The smallest absolute Gasteiger partial charge is 0.251 e. The van der Waals surface area contributed by atoms with Crippen molar-refractivity contribution in [3.63, 3.8) is 0 Å². The van der Waals surface area contributed by atoms with Crippen LogP contribution in [0, 0.1) is 0 Å². The van der Waals surface area contributed by atoms with E-state index in [9.17, 15) is 14.4 Å². The fourth-order valence-corrected chi connectivity index (χ4v) is 2.50. The molecule has 0 aliphatic rings. The van der Waals surface area contributed by atoms with E-state index in [-0.39, 0.29) is 17.7 Å². The molecule has 0 aliphatic carbocycles. The number of nitrogens with zero attached hydrogens (tertiary/aromatic N) is 1. The largest absolute Gasteiger partial charge is 0.352 e. The quantitative estimate of drug-likeness (QED) is 0.704. The molecule has 0 fully saturated rings. The zero-order chi connectivity index (χ0) is 19.6. The number of carbonyl (C=O) groups is 3. The minimum atomic E-state index is -0.140. The van der Waals surface area contributed by atoms with Crippen LogP contribution in [-0.4, -0.2) is 36.2 Å². The van der Waals surface area contributed by atoms with Crippen molar-refractivity contribution in [3.05, 3.63) is 65.7 Å². The van der Waals surface area contributed by atoms with Gasteiger partial charge in [0, 0.05) is 44.7 Å². The molecule has 6 nitrogen and oxygen atoms in total. The molecule has 0 aliphatic heterocycles. The lowest BCUT2D eigenvalue weighted by Crippen LogP contribution is -2.25. The maximum Gasteiger partial charge on any atom is 0.251 e. The van der Waals surface area contributed by atoms with Crippen LogP contribution in [0.5, 0.6) is 0 Å². The highest BCUT2D eigenvalue weighted by molar-refractivity contribution is 5.94. The van der Waals surface area contributed by atoms with Gasteiger partial charge in [-0.3, -0.25) is 14.4 Å². The Labute approximate surface area is 159 Å². The first-order valence-electron chi connectivity index (χ1n) is 8.89. The van der Waals surface area contributed by atoms with E-state index in [0.717, 1.165) is 5.56 Å². The van der Waals surface area contributed by atoms with Crippen LogP contribution in [0.2, 0.25) is 0 Å². The van der Waals surface area contributed by atoms with Gasteiger partial charge in [0.05, 0.1) is 0 Å². The molecule has 0 atom stereocenters. The third-order valence-corrected chi connectivity index (χ3v) is 4.07. The first-order chi connectivity index (χ1) is 13.0. The van der Waals surface area contributed by atoms with Crippen LogP contribution in [0.3, 0.4) is 0 Å². The molecular weight excluding hydrogens is 342 g/mol. The third-order valence-electron chi connectivity index (χ3n) is 4.07. The summed E-state index contributed by atoms with van der Waals surface area (Å²) in [6.07, 6.45) is 0.865. The summed E-state index contributed by atoms with van der Waals surface area (Å²) < 4.78 is 0. The topological polar surface area (TPSA) is 78.5 Å². The molecule has 0 spiro atoms. The van der Waals surface area contributed by atoms with E-state index in [1.807, 2.05) is 42.5 Å². The molecule has 0 aromatic heterocycles. The minimum absolute atomic E-state index is 0.0120. The molecule has 2 N–H and O–H groups in total. The third kappa shape index (κ3) is 6.93. The zero-order valence-electron chi connectivity index (χ0n) is 15.7. The molecule has 6 heteroatoms. The van der Waals surface area contributed by atoms with Gasteiger partial charge >= 0.3 is 0 Å². The van der Waals surface area contributed by atoms with E-state index in [0.29, 0.717) is 37.2 Å². The SMILES string of the molecule is CC(=O)N(C)Cc1cccc(NC(=O)CCCNC(=O)c2ccccc2)c1. The van der Waals surface area contributed by atoms with Crippen LogP contribution in [-0.2, 0) is 16.1 Å². The second kappa shape index (κ2) is 10.1. The van der Waals surface area contributed by atoms with Crippen molar-refractivity contribution in [2.45, 2.75) is 26.3 Å². The van der Waals surface area contributed by atoms with Crippen molar-refractivity contribution < 1.29 is 14.4 Å². The molecule has 0 saturated heterocycles. The Morgan fingerprint density at radius 1 is 1.00 bits per heavy atom. The number of amides is 3. The number of hydrogen-bond donors (Lipinski definition) is 2. The number of carbonyl (C=O) groups excluding carboxylic acids is 3. The van der Waals surface area contributed by atoms with Gasteiger partial charge in [0.2, 0.25) is 11.8 Å². The molecule has 0 bridgehead atoms. The molecule has 27 heavy (non-hydrogen) atoms. The van der Waals surface area contributed by atoms with Gasteiger partial charge in [0.25, 0.3) is 5.91 Å². The molecule has 142 valence electrons. The van der Waals surface area contributed by atoms with Crippen molar-refractivity contribution in [1.82, 2.24) is 10.2 Å². The lowest BCUT2D eigenvalue weighted by Gasteiger charge is -2.15. The Bertz CT molecular complexity index is 790. The maximum atomic E-state index is 12.1. The predicted molar refractivity (Wildman–Crippen MR) is 105 cm³/mol. The minimum Gasteiger partial charge on any atom is -0.352 e. The number of benzene rings is 2. The van der Waals surface area contributed by atoms with E-state index in [4.69, 9.17) is 0 Å². The van der Waals surface area contributed by atoms with Crippen molar-refractivity contribution in [1.29, 1.82) is 0 Å². The summed E-state index contributed by atoms with van der Waals surface area (Å²) in [5.74, 6) is -0.263. The van der Waals surface area contributed by atoms with Gasteiger partial charge < -0.3 is 15.5 Å². The molecule has 2 aromatic carbocycles. The van der Waals surface area contributed by atoms with Crippen molar-refractivity contribution in [2.75, 3.05) is 18.9 Å². The van der Waals surface area contributed by atoms with Gasteiger partial charge in [-0.25, -0.2) is 0 Å². The molecule has 2 rings (SSSR count). The highest BCUT2D eigenvalue weighted by Gasteiger charge is 2.07. The van der Waals surface area contributed by atoms with E-state index in [1.54, 1.807) is 24.1 Å². The van der Waals surface area contributed by atoms with Crippen LogP contribution >= 0.6 is 0 Å².